The highest BCUT2D eigenvalue weighted by Gasteiger charge is 2.33. The Labute approximate surface area is 253 Å². The minimum absolute atomic E-state index is 0.00764. The quantitative estimate of drug-likeness (QED) is 0.194. The van der Waals surface area contributed by atoms with Crippen LogP contribution < -0.4 is 20.7 Å². The van der Waals surface area contributed by atoms with E-state index in [1.54, 1.807) is 0 Å². The van der Waals surface area contributed by atoms with E-state index in [9.17, 15) is 0 Å². The van der Waals surface area contributed by atoms with Gasteiger partial charge in [0, 0.05) is 51.0 Å². The second-order valence-electron chi connectivity index (χ2n) is 12.4. The molecule has 4 heteroatoms. The first kappa shape index (κ1) is 29.3. The number of aromatic nitrogens is 1. The first-order valence-corrected chi connectivity index (χ1v) is 14.9. The molecule has 42 heavy (non-hydrogen) atoms. The maximum atomic E-state index is 2.60. The number of nitrogens with zero attached hydrogens (tertiary/aromatic N) is 3. The maximum absolute atomic E-state index is 2.60. The molecule has 1 heterocycles. The zero-order valence-corrected chi connectivity index (χ0v) is 27.0. The molecule has 0 bridgehead atoms. The fourth-order valence-corrected chi connectivity index (χ4v) is 6.71. The van der Waals surface area contributed by atoms with Crippen LogP contribution in [0.15, 0.2) is 84.9 Å². The molecule has 5 rings (SSSR count). The van der Waals surface area contributed by atoms with Crippen LogP contribution in [0.25, 0.3) is 22.5 Å². The highest BCUT2D eigenvalue weighted by Crippen LogP contribution is 2.32. The smallest absolute Gasteiger partial charge is 0.329 e. The number of benzene rings is 4. The molecular formula is C38H44BN3. The van der Waals surface area contributed by atoms with Crippen molar-refractivity contribution >= 4 is 29.1 Å². The summed E-state index contributed by atoms with van der Waals surface area (Å²) in [6, 6.07) is 31.9. The SMILES string of the molecule is Cc1cc(C)c(B(c2c(C)cc(C)cc2C)n2c(-c3ccc(N(C)C)cc3)ccc2-c2ccc(N(C)C)cc2)c(C)c1. The van der Waals surface area contributed by atoms with Crippen LogP contribution in [0.1, 0.15) is 33.4 Å². The number of anilines is 2. The molecule has 1 aromatic heterocycles. The summed E-state index contributed by atoms with van der Waals surface area (Å²) in [6.07, 6.45) is 0. The summed E-state index contributed by atoms with van der Waals surface area (Å²) in [5, 5.41) is 0. The van der Waals surface area contributed by atoms with Gasteiger partial charge in [-0.1, -0.05) is 81.9 Å². The van der Waals surface area contributed by atoms with Gasteiger partial charge in [0.1, 0.15) is 0 Å². The molecule has 0 aliphatic carbocycles. The predicted molar refractivity (Wildman–Crippen MR) is 186 cm³/mol. The van der Waals surface area contributed by atoms with Crippen molar-refractivity contribution in [2.24, 2.45) is 0 Å². The van der Waals surface area contributed by atoms with Gasteiger partial charge in [0.15, 0.2) is 0 Å². The molecule has 0 spiro atoms. The van der Waals surface area contributed by atoms with Gasteiger partial charge < -0.3 is 14.3 Å². The van der Waals surface area contributed by atoms with E-state index in [-0.39, 0.29) is 6.85 Å². The van der Waals surface area contributed by atoms with Gasteiger partial charge in [0.2, 0.25) is 0 Å². The van der Waals surface area contributed by atoms with Gasteiger partial charge in [-0.25, -0.2) is 0 Å². The molecular weight excluding hydrogens is 509 g/mol. The van der Waals surface area contributed by atoms with Gasteiger partial charge >= 0.3 is 6.85 Å². The molecule has 4 aromatic carbocycles. The van der Waals surface area contributed by atoms with Gasteiger partial charge in [-0.3, -0.25) is 0 Å². The van der Waals surface area contributed by atoms with Crippen molar-refractivity contribution in [3.05, 3.63) is 118 Å². The summed E-state index contributed by atoms with van der Waals surface area (Å²) in [6.45, 7) is 13.5. The lowest BCUT2D eigenvalue weighted by molar-refractivity contribution is 1.13. The third-order valence-electron chi connectivity index (χ3n) is 8.56. The number of hydrogen-bond acceptors (Lipinski definition) is 2. The van der Waals surface area contributed by atoms with E-state index in [1.807, 2.05) is 0 Å². The second-order valence-corrected chi connectivity index (χ2v) is 12.4. The van der Waals surface area contributed by atoms with Gasteiger partial charge in [-0.15, -0.1) is 0 Å². The molecule has 0 atom stereocenters. The summed E-state index contributed by atoms with van der Waals surface area (Å²) >= 11 is 0. The van der Waals surface area contributed by atoms with E-state index in [0.717, 1.165) is 0 Å². The number of rotatable bonds is 7. The first-order chi connectivity index (χ1) is 20.0. The molecule has 3 nitrogen and oxygen atoms in total. The van der Waals surface area contributed by atoms with Crippen LogP contribution in [0.4, 0.5) is 11.4 Å². The van der Waals surface area contributed by atoms with Crippen molar-refractivity contribution in [2.45, 2.75) is 41.5 Å². The molecule has 0 fully saturated rings. The van der Waals surface area contributed by atoms with Gasteiger partial charge in [-0.05, 0) is 100.0 Å². The molecule has 0 aliphatic heterocycles. The molecule has 0 N–H and O–H groups in total. The highest BCUT2D eigenvalue weighted by molar-refractivity contribution is 6.85. The van der Waals surface area contributed by atoms with Crippen LogP contribution >= 0.6 is 0 Å². The van der Waals surface area contributed by atoms with Crippen LogP contribution in [0.3, 0.4) is 0 Å². The minimum Gasteiger partial charge on any atom is -0.378 e. The standard InChI is InChI=1S/C38H44BN3/c1-25-21-27(3)37(28(4)22-25)39(38-29(5)23-26(2)24-30(38)6)42-35(31-11-15-33(16-12-31)40(7)8)19-20-36(42)32-13-17-34(18-14-32)41(9)10/h11-24H,1-10H3. The van der Waals surface area contributed by atoms with Crippen molar-refractivity contribution in [2.75, 3.05) is 38.0 Å². The molecule has 0 radical (unpaired) electrons. The third-order valence-corrected chi connectivity index (χ3v) is 8.56. The van der Waals surface area contributed by atoms with E-state index in [2.05, 4.69) is 169 Å². The normalized spacial score (nSPS) is 11.1. The fourth-order valence-electron chi connectivity index (χ4n) is 6.71. The van der Waals surface area contributed by atoms with Crippen LogP contribution in [0, 0.1) is 41.5 Å². The maximum Gasteiger partial charge on any atom is 0.329 e. The lowest BCUT2D eigenvalue weighted by Crippen LogP contribution is -2.53. The third kappa shape index (κ3) is 5.51. The summed E-state index contributed by atoms with van der Waals surface area (Å²) in [4.78, 5) is 4.31. The molecule has 0 amide bonds. The lowest BCUT2D eigenvalue weighted by atomic mass is 9.46. The number of aryl methyl sites for hydroxylation is 6. The Morgan fingerprint density at radius 2 is 0.762 bits per heavy atom. The average molecular weight is 554 g/mol. The first-order valence-electron chi connectivity index (χ1n) is 14.9. The summed E-state index contributed by atoms with van der Waals surface area (Å²) in [5.74, 6) is 0. The Bertz CT molecular complexity index is 1550. The van der Waals surface area contributed by atoms with Gasteiger partial charge in [0.05, 0.1) is 0 Å². The molecule has 5 aromatic rings. The zero-order chi connectivity index (χ0) is 30.3. The molecule has 0 saturated heterocycles. The Kier molecular flexibility index (Phi) is 8.10. The highest BCUT2D eigenvalue weighted by atomic mass is 15.1. The Morgan fingerprint density at radius 3 is 1.05 bits per heavy atom. The Balaban J connectivity index is 1.88. The van der Waals surface area contributed by atoms with E-state index >= 15 is 0 Å². The Hall–Kier alpha value is -4.18. The van der Waals surface area contributed by atoms with Crippen molar-refractivity contribution < 1.29 is 0 Å². The molecule has 214 valence electrons. The molecule has 0 aliphatic rings. The second kappa shape index (κ2) is 11.6. The predicted octanol–water partition coefficient (Wildman–Crippen LogP) is 7.46. The summed E-state index contributed by atoms with van der Waals surface area (Å²) < 4.78 is 2.60. The van der Waals surface area contributed by atoms with Crippen molar-refractivity contribution in [3.63, 3.8) is 0 Å². The topological polar surface area (TPSA) is 11.4 Å². The lowest BCUT2D eigenvalue weighted by Gasteiger charge is -2.29. The largest absolute Gasteiger partial charge is 0.378 e. The van der Waals surface area contributed by atoms with E-state index < -0.39 is 0 Å². The van der Waals surface area contributed by atoms with Crippen LogP contribution in [0.2, 0.25) is 0 Å². The van der Waals surface area contributed by atoms with Crippen LogP contribution in [-0.2, 0) is 0 Å². The Morgan fingerprint density at radius 1 is 0.452 bits per heavy atom. The molecule has 0 unspecified atom stereocenters. The van der Waals surface area contributed by atoms with Crippen LogP contribution in [-0.4, -0.2) is 39.5 Å². The minimum atomic E-state index is 0.00764. The van der Waals surface area contributed by atoms with Gasteiger partial charge in [0.25, 0.3) is 0 Å². The zero-order valence-electron chi connectivity index (χ0n) is 27.0. The summed E-state index contributed by atoms with van der Waals surface area (Å²) in [5.41, 5.74) is 17.9. The fraction of sp³-hybridized carbons (Fsp3) is 0.263. The monoisotopic (exact) mass is 553 g/mol. The van der Waals surface area contributed by atoms with E-state index in [0.29, 0.717) is 0 Å². The van der Waals surface area contributed by atoms with Crippen LogP contribution in [0.5, 0.6) is 0 Å². The van der Waals surface area contributed by atoms with E-state index in [4.69, 9.17) is 0 Å². The van der Waals surface area contributed by atoms with Crippen molar-refractivity contribution in [1.29, 1.82) is 0 Å². The molecule has 0 saturated carbocycles. The van der Waals surface area contributed by atoms with Crippen molar-refractivity contribution in [1.82, 2.24) is 4.48 Å². The van der Waals surface area contributed by atoms with E-state index in [1.165, 1.54) is 78.2 Å². The van der Waals surface area contributed by atoms with Gasteiger partial charge in [-0.2, -0.15) is 0 Å². The average Bonchev–Trinajstić information content (AvgIpc) is 3.36. The summed E-state index contributed by atoms with van der Waals surface area (Å²) in [7, 11) is 8.37. The van der Waals surface area contributed by atoms with Crippen molar-refractivity contribution in [3.8, 4) is 22.5 Å². The number of hydrogen-bond donors (Lipinski definition) is 0.